The molecule has 0 amide bonds. The first-order valence-electron chi connectivity index (χ1n) is 0.582. The van der Waals surface area contributed by atoms with Crippen molar-refractivity contribution < 1.29 is 17.4 Å². The number of nitriles is 1. The predicted octanol–water partition coefficient (Wildman–Crippen LogP) is 1.51. The van der Waals surface area contributed by atoms with Crippen LogP contribution in [-0.4, -0.2) is 0 Å². The molecule has 0 saturated carbocycles. The summed E-state index contributed by atoms with van der Waals surface area (Å²) in [5.74, 6) is 0. The maximum Gasteiger partial charge on any atom is 3.00 e. The molecule has 0 aromatic carbocycles. The standard InChI is InChI=1S/CBrNS.Cr/c2-4-1-3;/q;+3. The molecule has 0 fully saturated rings. The number of thiocyanates is 1. The molecule has 1 radical (unpaired) electrons. The second kappa shape index (κ2) is 8.85. The van der Waals surface area contributed by atoms with Gasteiger partial charge in [-0.05, 0) is 0 Å². The summed E-state index contributed by atoms with van der Waals surface area (Å²) in [4.78, 5) is 0. The van der Waals surface area contributed by atoms with Crippen LogP contribution in [0.4, 0.5) is 0 Å². The Hall–Kier alpha value is 0.852. The van der Waals surface area contributed by atoms with Gasteiger partial charge in [-0.25, -0.2) is 0 Å². The van der Waals surface area contributed by atoms with Gasteiger partial charge >= 0.3 is 17.4 Å². The zero-order valence-electron chi connectivity index (χ0n) is 2.14. The van der Waals surface area contributed by atoms with Gasteiger partial charge in [-0.15, -0.1) is 0 Å². The van der Waals surface area contributed by atoms with E-state index in [1.54, 1.807) is 5.40 Å². The zero-order valence-corrected chi connectivity index (χ0v) is 5.82. The minimum Gasteiger partial charge on any atom is -0.184 e. The third kappa shape index (κ3) is 11.5. The SMILES string of the molecule is N#CSBr.[Cr+3]. The van der Waals surface area contributed by atoms with Crippen LogP contribution in [0.3, 0.4) is 0 Å². The van der Waals surface area contributed by atoms with Gasteiger partial charge in [-0.3, -0.25) is 0 Å². The van der Waals surface area contributed by atoms with E-state index in [0.29, 0.717) is 0 Å². The van der Waals surface area contributed by atoms with Crippen molar-refractivity contribution in [3.63, 3.8) is 0 Å². The second-order valence-corrected chi connectivity index (χ2v) is 1.48. The summed E-state index contributed by atoms with van der Waals surface area (Å²) in [6, 6.07) is 0. The summed E-state index contributed by atoms with van der Waals surface area (Å²) in [5, 5.41) is 9.30. The summed E-state index contributed by atoms with van der Waals surface area (Å²) in [6.07, 6.45) is 0. The molecule has 0 aromatic rings. The van der Waals surface area contributed by atoms with Crippen LogP contribution in [0.25, 0.3) is 0 Å². The number of hydrogen-bond donors (Lipinski definition) is 0. The molecule has 5 heavy (non-hydrogen) atoms. The summed E-state index contributed by atoms with van der Waals surface area (Å²) in [7, 11) is 0.975. The third-order valence-corrected chi connectivity index (χ3v) is 0.538. The molecule has 0 aliphatic rings. The van der Waals surface area contributed by atoms with Crippen LogP contribution in [0.1, 0.15) is 0 Å². The number of hydrogen-bond acceptors (Lipinski definition) is 2. The molecule has 4 heteroatoms. The fourth-order valence-electron chi connectivity index (χ4n) is 0. The van der Waals surface area contributed by atoms with Crippen molar-refractivity contribution in [2.45, 2.75) is 0 Å². The van der Waals surface area contributed by atoms with Gasteiger partial charge in [0.05, 0.1) is 0 Å². The van der Waals surface area contributed by atoms with Crippen molar-refractivity contribution in [2.75, 3.05) is 0 Å². The zero-order chi connectivity index (χ0) is 3.41. The van der Waals surface area contributed by atoms with Gasteiger partial charge in [0.15, 0.2) is 0 Å². The van der Waals surface area contributed by atoms with Gasteiger partial charge in [0.1, 0.15) is 5.40 Å². The molecule has 0 N–H and O–H groups in total. The van der Waals surface area contributed by atoms with Crippen LogP contribution >= 0.6 is 25.0 Å². The molecule has 0 bridgehead atoms. The van der Waals surface area contributed by atoms with Gasteiger partial charge in [0.25, 0.3) is 0 Å². The van der Waals surface area contributed by atoms with Crippen molar-refractivity contribution in [3.8, 4) is 5.40 Å². The molecule has 0 atom stereocenters. The molecule has 0 spiro atoms. The van der Waals surface area contributed by atoms with Gasteiger partial charge in [-0.2, -0.15) is 5.26 Å². The van der Waals surface area contributed by atoms with Crippen LogP contribution in [0.15, 0.2) is 0 Å². The minimum absolute atomic E-state index is 0. The Balaban J connectivity index is 0. The normalized spacial score (nSPS) is 4.00. The minimum atomic E-state index is 0. The molecule has 0 aliphatic carbocycles. The maximum atomic E-state index is 7.54. The Bertz CT molecular complexity index is 41.4. The Morgan fingerprint density at radius 1 is 1.80 bits per heavy atom. The molecule has 0 saturated heterocycles. The van der Waals surface area contributed by atoms with E-state index >= 15 is 0 Å². The van der Waals surface area contributed by atoms with E-state index in [1.807, 2.05) is 0 Å². The van der Waals surface area contributed by atoms with Crippen LogP contribution in [0.2, 0.25) is 0 Å². The molecule has 25 valence electrons. The molecule has 1 nitrogen and oxygen atoms in total. The number of nitrogens with zero attached hydrogens (tertiary/aromatic N) is 1. The van der Waals surface area contributed by atoms with E-state index in [9.17, 15) is 0 Å². The van der Waals surface area contributed by atoms with E-state index in [4.69, 9.17) is 5.26 Å². The van der Waals surface area contributed by atoms with Crippen LogP contribution in [0, 0.1) is 10.7 Å². The second-order valence-electron chi connectivity index (χ2n) is 0.168. The molecule has 0 aromatic heterocycles. The van der Waals surface area contributed by atoms with E-state index in [-0.39, 0.29) is 17.4 Å². The predicted molar refractivity (Wildman–Crippen MR) is 22.1 cm³/mol. The Labute approximate surface area is 53.1 Å². The van der Waals surface area contributed by atoms with Gasteiger partial charge in [0, 0.05) is 25.0 Å². The van der Waals surface area contributed by atoms with Crippen molar-refractivity contribution in [3.05, 3.63) is 0 Å². The van der Waals surface area contributed by atoms with Crippen LogP contribution in [0.5, 0.6) is 0 Å². The first-order chi connectivity index (χ1) is 1.91. The van der Waals surface area contributed by atoms with Crippen molar-refractivity contribution in [1.82, 2.24) is 0 Å². The Morgan fingerprint density at radius 2 is 2.00 bits per heavy atom. The monoisotopic (exact) mass is 189 g/mol. The van der Waals surface area contributed by atoms with Gasteiger partial charge in [-0.1, -0.05) is 0 Å². The van der Waals surface area contributed by atoms with E-state index < -0.39 is 0 Å². The number of halogens is 1. The van der Waals surface area contributed by atoms with Crippen molar-refractivity contribution in [1.29, 1.82) is 5.26 Å². The topological polar surface area (TPSA) is 23.8 Å². The summed E-state index contributed by atoms with van der Waals surface area (Å²) >= 11 is 2.80. The first-order valence-corrected chi connectivity index (χ1v) is 3.24. The van der Waals surface area contributed by atoms with Gasteiger partial charge in [0.2, 0.25) is 0 Å². The average molecular weight is 190 g/mol. The van der Waals surface area contributed by atoms with Crippen molar-refractivity contribution in [2.24, 2.45) is 0 Å². The number of rotatable bonds is 0. The van der Waals surface area contributed by atoms with Crippen molar-refractivity contribution >= 4 is 25.0 Å². The van der Waals surface area contributed by atoms with E-state index in [1.165, 1.54) is 0 Å². The summed E-state index contributed by atoms with van der Waals surface area (Å²) in [6.45, 7) is 0. The molecular formula is CBrCrNS+3. The molecular weight excluding hydrogens is 190 g/mol. The molecule has 0 heterocycles. The van der Waals surface area contributed by atoms with Crippen LogP contribution < -0.4 is 0 Å². The maximum absolute atomic E-state index is 7.54. The van der Waals surface area contributed by atoms with E-state index in [2.05, 4.69) is 14.8 Å². The molecule has 0 rings (SSSR count). The average Bonchev–Trinajstić information content (AvgIpc) is 1.37. The first kappa shape index (κ1) is 9.29. The largest absolute Gasteiger partial charge is 3.00 e. The Morgan fingerprint density at radius 3 is 2.00 bits per heavy atom. The fraction of sp³-hybridized carbons (Fsp3) is 0. The fourth-order valence-corrected chi connectivity index (χ4v) is 0. The summed E-state index contributed by atoms with van der Waals surface area (Å²) in [5.41, 5.74) is 0. The Kier molecular flexibility index (Phi) is 16.4. The van der Waals surface area contributed by atoms with E-state index in [0.717, 1.165) is 10.2 Å². The van der Waals surface area contributed by atoms with Crippen LogP contribution in [-0.2, 0) is 17.4 Å². The molecule has 0 unspecified atom stereocenters. The quantitative estimate of drug-likeness (QED) is 0.540. The summed E-state index contributed by atoms with van der Waals surface area (Å²) < 4.78 is 0. The smallest absolute Gasteiger partial charge is 0.184 e. The van der Waals surface area contributed by atoms with Gasteiger partial charge < -0.3 is 0 Å². The third-order valence-electron chi connectivity index (χ3n) is 0.0345. The molecule has 0 aliphatic heterocycles.